The van der Waals surface area contributed by atoms with E-state index in [9.17, 15) is 33.1 Å². The number of rotatable bonds is 6. The minimum absolute atomic E-state index is 0.0598. The van der Waals surface area contributed by atoms with Crippen LogP contribution in [0, 0.1) is 11.3 Å². The van der Waals surface area contributed by atoms with Crippen LogP contribution in [0.4, 0.5) is 18.9 Å². The number of carbonyl (C=O) groups excluding carboxylic acids is 1. The second kappa shape index (κ2) is 9.36. The lowest BCUT2D eigenvalue weighted by Crippen LogP contribution is -2.39. The van der Waals surface area contributed by atoms with E-state index in [1.165, 1.54) is 22.9 Å². The Hall–Kier alpha value is -3.10. The molecule has 1 aromatic carbocycles. The molecule has 1 aromatic heterocycles. The van der Waals surface area contributed by atoms with Crippen molar-refractivity contribution in [2.75, 3.05) is 11.9 Å². The van der Waals surface area contributed by atoms with Gasteiger partial charge in [0.1, 0.15) is 15.3 Å². The first-order valence-electron chi connectivity index (χ1n) is 9.15. The van der Waals surface area contributed by atoms with E-state index in [2.05, 4.69) is 5.32 Å². The third-order valence-electron chi connectivity index (χ3n) is 4.38. The Kier molecular flexibility index (Phi) is 7.30. The molecule has 1 heterocycles. The van der Waals surface area contributed by atoms with E-state index < -0.39 is 23.3 Å². The van der Waals surface area contributed by atoms with Crippen LogP contribution in [0.5, 0.6) is 0 Å². The number of aliphatic hydroxyl groups is 1. The summed E-state index contributed by atoms with van der Waals surface area (Å²) in [7, 11) is 0. The largest absolute Gasteiger partial charge is 0.462 e. The van der Waals surface area contributed by atoms with Gasteiger partial charge in [0.05, 0.1) is 6.61 Å². The third-order valence-corrected chi connectivity index (χ3v) is 5.51. The molecule has 2 aromatic rings. The van der Waals surface area contributed by atoms with Gasteiger partial charge in [-0.25, -0.2) is 4.79 Å². The summed E-state index contributed by atoms with van der Waals surface area (Å²) in [5.41, 5.74) is -4.02. The lowest BCUT2D eigenvalue weighted by molar-refractivity contribution is -0.258. The molecule has 11 heteroatoms. The topological polar surface area (TPSA) is 104 Å². The lowest BCUT2D eigenvalue weighted by atomic mass is 9.95. The van der Waals surface area contributed by atoms with Crippen molar-refractivity contribution in [3.63, 3.8) is 0 Å². The smallest absolute Gasteiger partial charge is 0.421 e. The maximum absolute atomic E-state index is 13.1. The molecule has 0 aliphatic rings. The number of halogens is 3. The van der Waals surface area contributed by atoms with Crippen LogP contribution in [0.15, 0.2) is 29.1 Å². The molecule has 166 valence electrons. The molecule has 0 spiro atoms. The monoisotopic (exact) mass is 455 g/mol. The first-order valence-corrected chi connectivity index (χ1v) is 9.97. The van der Waals surface area contributed by atoms with Crippen LogP contribution in [0.1, 0.15) is 26.3 Å². The van der Waals surface area contributed by atoms with Crippen LogP contribution < -0.4 is 20.1 Å². The third kappa shape index (κ3) is 4.98. The molecular formula is C20H20F3N3O4S. The Morgan fingerprint density at radius 3 is 2.61 bits per heavy atom. The molecule has 0 fully saturated rings. The fourth-order valence-electron chi connectivity index (χ4n) is 2.60. The molecule has 0 saturated carbocycles. The Bertz CT molecular complexity index is 1190. The standard InChI is InChI=1S/C20H20F3N3O4S/c1-4-26-16(27)15(31-17(26)14(10-24)18(28)30-5-2)11-25-13-8-6-7-12(9-13)19(3,29)20(21,22)23/h6-9,11,25,29H,4-5H2,1-3H3/b15-11+,17-14-. The van der Waals surface area contributed by atoms with Crippen LogP contribution in [0.2, 0.25) is 0 Å². The van der Waals surface area contributed by atoms with Crippen molar-refractivity contribution >= 4 is 34.8 Å². The lowest BCUT2D eigenvalue weighted by Gasteiger charge is -2.27. The molecule has 0 saturated heterocycles. The van der Waals surface area contributed by atoms with Crippen molar-refractivity contribution in [3.05, 3.63) is 49.4 Å². The number of ether oxygens (including phenoxy) is 1. The Morgan fingerprint density at radius 1 is 1.39 bits per heavy atom. The summed E-state index contributed by atoms with van der Waals surface area (Å²) in [4.78, 5) is 24.7. The van der Waals surface area contributed by atoms with E-state index in [1.807, 2.05) is 0 Å². The SMILES string of the molecule is CCOC(=O)/C(C#N)=c1\s/c(=C/Nc2cccc(C(C)(O)C(F)(F)F)c2)c(=O)n1CC. The second-order valence-electron chi connectivity index (χ2n) is 6.47. The highest BCUT2D eigenvalue weighted by atomic mass is 32.1. The predicted molar refractivity (Wildman–Crippen MR) is 109 cm³/mol. The number of alkyl halides is 3. The summed E-state index contributed by atoms with van der Waals surface area (Å²) < 4.78 is 45.6. The summed E-state index contributed by atoms with van der Waals surface area (Å²) in [6, 6.07) is 6.80. The maximum atomic E-state index is 13.1. The minimum atomic E-state index is -4.87. The van der Waals surface area contributed by atoms with Crippen LogP contribution in [-0.2, 0) is 21.7 Å². The van der Waals surface area contributed by atoms with E-state index in [1.54, 1.807) is 19.9 Å². The molecular weight excluding hydrogens is 435 g/mol. The van der Waals surface area contributed by atoms with E-state index >= 15 is 0 Å². The quantitative estimate of drug-likeness (QED) is 0.644. The van der Waals surface area contributed by atoms with E-state index in [-0.39, 0.29) is 39.2 Å². The van der Waals surface area contributed by atoms with Crippen LogP contribution in [0.3, 0.4) is 0 Å². The molecule has 1 unspecified atom stereocenters. The van der Waals surface area contributed by atoms with Gasteiger partial charge in [-0.15, -0.1) is 11.3 Å². The summed E-state index contributed by atoms with van der Waals surface area (Å²) in [5.74, 6) is -0.852. The van der Waals surface area contributed by atoms with Crippen molar-refractivity contribution in [1.29, 1.82) is 5.26 Å². The van der Waals surface area contributed by atoms with E-state index in [0.29, 0.717) is 6.92 Å². The van der Waals surface area contributed by atoms with Gasteiger partial charge in [-0.2, -0.15) is 18.4 Å². The van der Waals surface area contributed by atoms with Crippen LogP contribution in [0.25, 0.3) is 11.8 Å². The first kappa shape index (κ1) is 24.2. The van der Waals surface area contributed by atoms with Crippen molar-refractivity contribution in [3.8, 4) is 6.07 Å². The average molecular weight is 455 g/mol. The fraction of sp³-hybridized carbons (Fsp3) is 0.350. The summed E-state index contributed by atoms with van der Waals surface area (Å²) >= 11 is 0.873. The molecule has 0 bridgehead atoms. The maximum Gasteiger partial charge on any atom is 0.421 e. The predicted octanol–water partition coefficient (Wildman–Crippen LogP) is 1.79. The number of anilines is 1. The number of aromatic nitrogens is 1. The highest BCUT2D eigenvalue weighted by molar-refractivity contribution is 7.07. The normalized spacial score (nSPS) is 15.1. The highest BCUT2D eigenvalue weighted by Crippen LogP contribution is 2.39. The summed E-state index contributed by atoms with van der Waals surface area (Å²) in [5, 5.41) is 21.9. The van der Waals surface area contributed by atoms with Crippen LogP contribution in [-0.4, -0.2) is 28.4 Å². The highest BCUT2D eigenvalue weighted by Gasteiger charge is 2.51. The number of hydrogen-bond donors (Lipinski definition) is 2. The number of esters is 1. The Balaban J connectivity index is 2.54. The molecule has 2 rings (SSSR count). The van der Waals surface area contributed by atoms with Gasteiger partial charge in [-0.3, -0.25) is 9.36 Å². The first-order chi connectivity index (χ1) is 14.5. The number of nitrogens with zero attached hydrogens (tertiary/aromatic N) is 2. The Labute approximate surface area is 179 Å². The van der Waals surface area contributed by atoms with Crippen molar-refractivity contribution in [2.24, 2.45) is 0 Å². The van der Waals surface area contributed by atoms with Gasteiger partial charge in [-0.1, -0.05) is 12.1 Å². The fourth-order valence-corrected chi connectivity index (χ4v) is 3.68. The Morgan fingerprint density at radius 2 is 2.06 bits per heavy atom. The number of nitrogens with one attached hydrogen (secondary N) is 1. The van der Waals surface area contributed by atoms with Gasteiger partial charge in [0.2, 0.25) is 0 Å². The molecule has 31 heavy (non-hydrogen) atoms. The van der Waals surface area contributed by atoms with Crippen LogP contribution >= 0.6 is 11.3 Å². The van der Waals surface area contributed by atoms with Gasteiger partial charge in [0, 0.05) is 18.4 Å². The van der Waals surface area contributed by atoms with Gasteiger partial charge in [0.15, 0.2) is 11.2 Å². The van der Waals surface area contributed by atoms with Crippen molar-refractivity contribution in [2.45, 2.75) is 39.1 Å². The molecule has 0 radical (unpaired) electrons. The zero-order valence-corrected chi connectivity index (χ0v) is 17.7. The second-order valence-corrected chi connectivity index (χ2v) is 7.50. The number of carbonyl (C=O) groups is 1. The molecule has 0 aliphatic carbocycles. The number of nitriles is 1. The zero-order valence-electron chi connectivity index (χ0n) is 16.9. The van der Waals surface area contributed by atoms with E-state index in [0.717, 1.165) is 23.5 Å². The average Bonchev–Trinajstić information content (AvgIpc) is 3.01. The number of benzene rings is 1. The molecule has 0 amide bonds. The van der Waals surface area contributed by atoms with Gasteiger partial charge >= 0.3 is 12.1 Å². The summed E-state index contributed by atoms with van der Waals surface area (Å²) in [6.45, 7) is 4.15. The molecule has 2 N–H and O–H groups in total. The minimum Gasteiger partial charge on any atom is -0.462 e. The van der Waals surface area contributed by atoms with Gasteiger partial charge in [0.25, 0.3) is 5.56 Å². The van der Waals surface area contributed by atoms with Crippen molar-refractivity contribution in [1.82, 2.24) is 4.57 Å². The number of thiazole rings is 1. The summed E-state index contributed by atoms with van der Waals surface area (Å²) in [6.07, 6.45) is -3.60. The van der Waals surface area contributed by atoms with Crippen molar-refractivity contribution < 1.29 is 27.8 Å². The zero-order chi connectivity index (χ0) is 23.4. The molecule has 1 atom stereocenters. The van der Waals surface area contributed by atoms with Gasteiger partial charge in [-0.05, 0) is 38.5 Å². The number of hydrogen-bond acceptors (Lipinski definition) is 7. The molecule has 0 aliphatic heterocycles. The van der Waals surface area contributed by atoms with Gasteiger partial charge < -0.3 is 15.2 Å². The van der Waals surface area contributed by atoms with E-state index in [4.69, 9.17) is 4.74 Å². The molecule has 7 nitrogen and oxygen atoms in total.